The van der Waals surface area contributed by atoms with Crippen LogP contribution in [0.1, 0.15) is 31.1 Å². The number of amidine groups is 1. The minimum atomic E-state index is -0.485. The molecular formula is C17H16ClN3O2S. The number of thiazole rings is 1. The van der Waals surface area contributed by atoms with Crippen molar-refractivity contribution in [3.05, 3.63) is 62.7 Å². The number of hydrogen-bond acceptors (Lipinski definition) is 6. The highest BCUT2D eigenvalue weighted by Crippen LogP contribution is 2.33. The number of carbonyl (C=O) groups is 1. The lowest BCUT2D eigenvalue weighted by atomic mass is 9.96. The summed E-state index contributed by atoms with van der Waals surface area (Å²) >= 11 is 7.61. The molecule has 1 aliphatic heterocycles. The maximum Gasteiger partial charge on any atom is 0.338 e. The van der Waals surface area contributed by atoms with Crippen molar-refractivity contribution in [1.82, 2.24) is 10.3 Å². The Morgan fingerprint density at radius 3 is 2.96 bits per heavy atom. The molecule has 0 spiro atoms. The van der Waals surface area contributed by atoms with Crippen LogP contribution in [0.25, 0.3) is 0 Å². The number of nitrogens with one attached hydrogen (secondary N) is 1. The molecule has 5 nitrogen and oxygen atoms in total. The van der Waals surface area contributed by atoms with Gasteiger partial charge in [-0.05, 0) is 31.5 Å². The quantitative estimate of drug-likeness (QED) is 0.843. The van der Waals surface area contributed by atoms with Crippen LogP contribution in [0.2, 0.25) is 5.02 Å². The van der Waals surface area contributed by atoms with E-state index in [0.29, 0.717) is 28.7 Å². The monoisotopic (exact) mass is 361 g/mol. The van der Waals surface area contributed by atoms with Gasteiger partial charge in [0.05, 0.1) is 17.7 Å². The van der Waals surface area contributed by atoms with Crippen molar-refractivity contribution in [3.8, 4) is 0 Å². The maximum absolute atomic E-state index is 12.4. The molecule has 0 fully saturated rings. The summed E-state index contributed by atoms with van der Waals surface area (Å²) in [7, 11) is 0. The summed E-state index contributed by atoms with van der Waals surface area (Å²) in [4.78, 5) is 21.4. The Bertz CT molecular complexity index is 815. The summed E-state index contributed by atoms with van der Waals surface area (Å²) in [6, 6.07) is 6.86. The SMILES string of the molecule is CCOC(=O)C1=C(C)NC(c2cscn2)=N[C@H]1c1cccc(Cl)c1. The van der Waals surface area contributed by atoms with Gasteiger partial charge in [0.2, 0.25) is 0 Å². The van der Waals surface area contributed by atoms with E-state index in [0.717, 1.165) is 11.3 Å². The van der Waals surface area contributed by atoms with Gasteiger partial charge in [0, 0.05) is 16.1 Å². The minimum absolute atomic E-state index is 0.306. The summed E-state index contributed by atoms with van der Waals surface area (Å²) in [5, 5.41) is 5.66. The first-order valence-corrected chi connectivity index (χ1v) is 8.79. The largest absolute Gasteiger partial charge is 0.463 e. The third-order valence-corrected chi connectivity index (χ3v) is 4.40. The van der Waals surface area contributed by atoms with Crippen LogP contribution in [0, 0.1) is 0 Å². The van der Waals surface area contributed by atoms with Crippen molar-refractivity contribution in [2.75, 3.05) is 6.61 Å². The fraction of sp³-hybridized carbons (Fsp3) is 0.235. The number of carbonyl (C=O) groups excluding carboxylic acids is 1. The first-order chi connectivity index (χ1) is 11.6. The van der Waals surface area contributed by atoms with Crippen molar-refractivity contribution in [3.63, 3.8) is 0 Å². The molecule has 1 aliphatic rings. The molecule has 2 heterocycles. The molecule has 0 saturated carbocycles. The highest BCUT2D eigenvalue weighted by molar-refractivity contribution is 7.07. The second kappa shape index (κ2) is 7.15. The van der Waals surface area contributed by atoms with E-state index in [1.54, 1.807) is 18.5 Å². The molecular weight excluding hydrogens is 346 g/mol. The van der Waals surface area contributed by atoms with Crippen LogP contribution >= 0.6 is 22.9 Å². The fourth-order valence-corrected chi connectivity index (χ4v) is 3.26. The van der Waals surface area contributed by atoms with Gasteiger partial charge in [0.15, 0.2) is 5.84 Å². The van der Waals surface area contributed by atoms with Crippen LogP contribution < -0.4 is 5.32 Å². The minimum Gasteiger partial charge on any atom is -0.463 e. The highest BCUT2D eigenvalue weighted by Gasteiger charge is 2.31. The molecule has 1 N–H and O–H groups in total. The zero-order valence-electron chi connectivity index (χ0n) is 13.2. The van der Waals surface area contributed by atoms with Gasteiger partial charge in [-0.1, -0.05) is 23.7 Å². The molecule has 0 aliphatic carbocycles. The molecule has 0 radical (unpaired) electrons. The van der Waals surface area contributed by atoms with Crippen molar-refractivity contribution in [2.24, 2.45) is 4.99 Å². The first kappa shape index (κ1) is 16.7. The molecule has 0 amide bonds. The summed E-state index contributed by atoms with van der Waals surface area (Å²) in [6.45, 7) is 3.92. The Balaban J connectivity index is 2.08. The van der Waals surface area contributed by atoms with E-state index in [1.165, 1.54) is 11.3 Å². The number of esters is 1. The summed E-state index contributed by atoms with van der Waals surface area (Å²) < 4.78 is 5.21. The normalized spacial score (nSPS) is 17.3. The summed E-state index contributed by atoms with van der Waals surface area (Å²) in [6.07, 6.45) is 0. The number of aromatic nitrogens is 1. The second-order valence-corrected chi connectivity index (χ2v) is 6.35. The Morgan fingerprint density at radius 2 is 2.29 bits per heavy atom. The smallest absolute Gasteiger partial charge is 0.338 e. The number of benzene rings is 1. The van der Waals surface area contributed by atoms with E-state index in [2.05, 4.69) is 10.3 Å². The van der Waals surface area contributed by atoms with E-state index >= 15 is 0 Å². The van der Waals surface area contributed by atoms with E-state index in [-0.39, 0.29) is 5.97 Å². The van der Waals surface area contributed by atoms with Gasteiger partial charge in [-0.3, -0.25) is 4.99 Å². The number of aliphatic imine (C=N–C) groups is 1. The molecule has 7 heteroatoms. The van der Waals surface area contributed by atoms with E-state index < -0.39 is 6.04 Å². The number of allylic oxidation sites excluding steroid dienone is 1. The Morgan fingerprint density at radius 1 is 1.46 bits per heavy atom. The van der Waals surface area contributed by atoms with Gasteiger partial charge in [0.25, 0.3) is 0 Å². The summed E-state index contributed by atoms with van der Waals surface area (Å²) in [5.41, 5.74) is 4.51. The molecule has 1 aromatic heterocycles. The van der Waals surface area contributed by atoms with E-state index in [1.807, 2.05) is 30.5 Å². The van der Waals surface area contributed by atoms with Crippen molar-refractivity contribution >= 4 is 34.7 Å². The van der Waals surface area contributed by atoms with E-state index in [9.17, 15) is 4.79 Å². The molecule has 0 saturated heterocycles. The van der Waals surface area contributed by atoms with Crippen LogP contribution in [-0.2, 0) is 9.53 Å². The molecule has 3 rings (SSSR count). The van der Waals surface area contributed by atoms with E-state index in [4.69, 9.17) is 21.3 Å². The standard InChI is InChI=1S/C17H16ClN3O2S/c1-3-23-17(22)14-10(2)20-16(13-8-24-9-19-13)21-15(14)11-5-4-6-12(18)7-11/h4-9,15H,3H2,1-2H3,(H,20,21)/t15-/m0/s1. The molecule has 2 aromatic rings. The van der Waals surface area contributed by atoms with Crippen LogP contribution in [0.5, 0.6) is 0 Å². The Hall–Kier alpha value is -2.18. The van der Waals surface area contributed by atoms with Crippen LogP contribution in [0.15, 0.2) is 51.4 Å². The average molecular weight is 362 g/mol. The van der Waals surface area contributed by atoms with Gasteiger partial charge >= 0.3 is 5.97 Å². The lowest BCUT2D eigenvalue weighted by Gasteiger charge is -2.25. The average Bonchev–Trinajstić information content (AvgIpc) is 3.08. The highest BCUT2D eigenvalue weighted by atomic mass is 35.5. The van der Waals surface area contributed by atoms with Crippen LogP contribution in [-0.4, -0.2) is 23.4 Å². The summed E-state index contributed by atoms with van der Waals surface area (Å²) in [5.74, 6) is 0.250. The Labute approximate surface area is 149 Å². The molecule has 0 unspecified atom stereocenters. The number of rotatable bonds is 4. The predicted octanol–water partition coefficient (Wildman–Crippen LogP) is 3.72. The lowest BCUT2D eigenvalue weighted by molar-refractivity contribution is -0.138. The van der Waals surface area contributed by atoms with Gasteiger partial charge in [0.1, 0.15) is 11.7 Å². The molecule has 124 valence electrons. The van der Waals surface area contributed by atoms with Crippen LogP contribution in [0.4, 0.5) is 0 Å². The van der Waals surface area contributed by atoms with Gasteiger partial charge < -0.3 is 10.1 Å². The maximum atomic E-state index is 12.4. The van der Waals surface area contributed by atoms with Crippen molar-refractivity contribution < 1.29 is 9.53 Å². The zero-order chi connectivity index (χ0) is 17.1. The third-order valence-electron chi connectivity index (χ3n) is 3.58. The Kier molecular flexibility index (Phi) is 4.97. The number of halogens is 1. The second-order valence-electron chi connectivity index (χ2n) is 5.19. The van der Waals surface area contributed by atoms with Crippen LogP contribution in [0.3, 0.4) is 0 Å². The molecule has 1 atom stereocenters. The number of nitrogens with zero attached hydrogens (tertiary/aromatic N) is 2. The molecule has 24 heavy (non-hydrogen) atoms. The lowest BCUT2D eigenvalue weighted by Crippen LogP contribution is -2.33. The topological polar surface area (TPSA) is 63.6 Å². The first-order valence-electron chi connectivity index (χ1n) is 7.47. The molecule has 1 aromatic carbocycles. The van der Waals surface area contributed by atoms with Crippen molar-refractivity contribution in [1.29, 1.82) is 0 Å². The van der Waals surface area contributed by atoms with Crippen molar-refractivity contribution in [2.45, 2.75) is 19.9 Å². The van der Waals surface area contributed by atoms with Gasteiger partial charge in [-0.25, -0.2) is 9.78 Å². The van der Waals surface area contributed by atoms with Gasteiger partial charge in [-0.15, -0.1) is 11.3 Å². The number of hydrogen-bond donors (Lipinski definition) is 1. The third kappa shape index (κ3) is 3.34. The molecule has 0 bridgehead atoms. The van der Waals surface area contributed by atoms with Gasteiger partial charge in [-0.2, -0.15) is 0 Å². The predicted molar refractivity (Wildman–Crippen MR) is 95.3 cm³/mol. The zero-order valence-corrected chi connectivity index (χ0v) is 14.8. The number of ether oxygens (including phenoxy) is 1. The fourth-order valence-electron chi connectivity index (χ4n) is 2.53.